The number of pyridine rings is 1. The fourth-order valence-corrected chi connectivity index (χ4v) is 2.15. The van der Waals surface area contributed by atoms with Gasteiger partial charge in [-0.3, -0.25) is 14.6 Å². The number of hydrogen-bond donors (Lipinski definition) is 0. The van der Waals surface area contributed by atoms with Crippen molar-refractivity contribution >= 4 is 11.8 Å². The summed E-state index contributed by atoms with van der Waals surface area (Å²) >= 11 is 0. The van der Waals surface area contributed by atoms with E-state index in [-0.39, 0.29) is 17.6 Å². The lowest BCUT2D eigenvalue weighted by Crippen LogP contribution is -2.24. The molecule has 18 heavy (non-hydrogen) atoms. The summed E-state index contributed by atoms with van der Waals surface area (Å²) in [5, 5.41) is 0. The lowest BCUT2D eigenvalue weighted by atomic mass is 10.0. The Kier molecular flexibility index (Phi) is 3.45. The molecule has 4 nitrogen and oxygen atoms in total. The van der Waals surface area contributed by atoms with Crippen LogP contribution in [-0.4, -0.2) is 23.8 Å². The Morgan fingerprint density at radius 2 is 2.17 bits per heavy atom. The lowest BCUT2D eigenvalue weighted by molar-refractivity contribution is -0.149. The van der Waals surface area contributed by atoms with Gasteiger partial charge >= 0.3 is 5.97 Å². The Morgan fingerprint density at radius 3 is 2.72 bits per heavy atom. The average molecular weight is 247 g/mol. The molecule has 1 aromatic rings. The van der Waals surface area contributed by atoms with E-state index in [2.05, 4.69) is 9.72 Å². The van der Waals surface area contributed by atoms with Crippen molar-refractivity contribution in [3.63, 3.8) is 0 Å². The second kappa shape index (κ2) is 4.88. The molecule has 0 N–H and O–H groups in total. The molecule has 1 aliphatic rings. The molecule has 3 unspecified atom stereocenters. The van der Waals surface area contributed by atoms with Crippen molar-refractivity contribution in [3.05, 3.63) is 29.6 Å². The molecule has 3 atom stereocenters. The van der Waals surface area contributed by atoms with E-state index in [4.69, 9.17) is 0 Å². The van der Waals surface area contributed by atoms with E-state index in [9.17, 15) is 9.59 Å². The molecule has 1 fully saturated rings. The highest BCUT2D eigenvalue weighted by atomic mass is 16.5. The SMILES string of the molecule is COC(=O)C(C)C(=O)C1CC1c1ccc(C)cn1. The number of ketones is 1. The Morgan fingerprint density at radius 1 is 1.44 bits per heavy atom. The van der Waals surface area contributed by atoms with Gasteiger partial charge in [-0.2, -0.15) is 0 Å². The molecule has 0 radical (unpaired) electrons. The number of rotatable bonds is 4. The quantitative estimate of drug-likeness (QED) is 0.602. The average Bonchev–Trinajstić information content (AvgIpc) is 3.17. The number of aromatic nitrogens is 1. The first-order valence-corrected chi connectivity index (χ1v) is 6.08. The molecule has 96 valence electrons. The topological polar surface area (TPSA) is 56.3 Å². The van der Waals surface area contributed by atoms with Gasteiger partial charge in [-0.25, -0.2) is 0 Å². The summed E-state index contributed by atoms with van der Waals surface area (Å²) in [5.41, 5.74) is 2.04. The molecule has 0 aliphatic heterocycles. The first-order chi connectivity index (χ1) is 8.54. The highest BCUT2D eigenvalue weighted by molar-refractivity contribution is 6.01. The van der Waals surface area contributed by atoms with Gasteiger partial charge in [-0.05, 0) is 31.9 Å². The first-order valence-electron chi connectivity index (χ1n) is 6.08. The third-order valence-corrected chi connectivity index (χ3v) is 3.45. The molecule has 1 heterocycles. The number of ether oxygens (including phenoxy) is 1. The van der Waals surface area contributed by atoms with E-state index in [0.717, 1.165) is 17.7 Å². The molecule has 2 rings (SSSR count). The second-order valence-electron chi connectivity index (χ2n) is 4.86. The van der Waals surface area contributed by atoms with Gasteiger partial charge in [0.15, 0.2) is 5.78 Å². The van der Waals surface area contributed by atoms with Gasteiger partial charge < -0.3 is 4.74 Å². The zero-order chi connectivity index (χ0) is 13.3. The summed E-state index contributed by atoms with van der Waals surface area (Å²) < 4.78 is 4.59. The van der Waals surface area contributed by atoms with Crippen LogP contribution in [-0.2, 0) is 14.3 Å². The van der Waals surface area contributed by atoms with E-state index in [1.165, 1.54) is 7.11 Å². The summed E-state index contributed by atoms with van der Waals surface area (Å²) in [7, 11) is 1.30. The largest absolute Gasteiger partial charge is 0.468 e. The van der Waals surface area contributed by atoms with Crippen LogP contribution in [0.2, 0.25) is 0 Å². The summed E-state index contributed by atoms with van der Waals surface area (Å²) in [6.45, 7) is 3.58. The molecule has 0 amide bonds. The monoisotopic (exact) mass is 247 g/mol. The van der Waals surface area contributed by atoms with Crippen molar-refractivity contribution in [2.24, 2.45) is 11.8 Å². The minimum Gasteiger partial charge on any atom is -0.468 e. The van der Waals surface area contributed by atoms with E-state index in [1.54, 1.807) is 13.1 Å². The number of carbonyl (C=O) groups excluding carboxylic acids is 2. The number of hydrogen-bond acceptors (Lipinski definition) is 4. The van der Waals surface area contributed by atoms with Crippen LogP contribution in [0.25, 0.3) is 0 Å². The van der Waals surface area contributed by atoms with Gasteiger partial charge in [0.1, 0.15) is 5.92 Å². The van der Waals surface area contributed by atoms with E-state index < -0.39 is 11.9 Å². The zero-order valence-electron chi connectivity index (χ0n) is 10.8. The van der Waals surface area contributed by atoms with Gasteiger partial charge in [-0.15, -0.1) is 0 Å². The second-order valence-corrected chi connectivity index (χ2v) is 4.86. The number of nitrogens with zero attached hydrogens (tertiary/aromatic N) is 1. The highest BCUT2D eigenvalue weighted by Crippen LogP contribution is 2.48. The van der Waals surface area contributed by atoms with Crippen LogP contribution in [0.5, 0.6) is 0 Å². The van der Waals surface area contributed by atoms with Crippen molar-refractivity contribution < 1.29 is 14.3 Å². The Hall–Kier alpha value is -1.71. The summed E-state index contributed by atoms with van der Waals surface area (Å²) in [5.74, 6) is -1.06. The maximum atomic E-state index is 12.0. The zero-order valence-corrected chi connectivity index (χ0v) is 10.8. The molecular weight excluding hydrogens is 230 g/mol. The molecule has 0 aromatic carbocycles. The minimum atomic E-state index is -0.671. The third kappa shape index (κ3) is 2.42. The van der Waals surface area contributed by atoms with Crippen molar-refractivity contribution in [3.8, 4) is 0 Å². The van der Waals surface area contributed by atoms with Crippen molar-refractivity contribution in [2.45, 2.75) is 26.2 Å². The molecule has 1 saturated carbocycles. The van der Waals surface area contributed by atoms with Crippen molar-refractivity contribution in [1.29, 1.82) is 0 Å². The van der Waals surface area contributed by atoms with Crippen molar-refractivity contribution in [2.75, 3.05) is 7.11 Å². The van der Waals surface area contributed by atoms with Gasteiger partial charge in [0.25, 0.3) is 0 Å². The summed E-state index contributed by atoms with van der Waals surface area (Å²) in [6, 6.07) is 3.95. The standard InChI is InChI=1S/C14H17NO3/c1-8-4-5-12(15-7-8)10-6-11(10)13(16)9(2)14(17)18-3/h4-5,7,9-11H,6H2,1-3H3. The molecular formula is C14H17NO3. The number of methoxy groups -OCH3 is 1. The van der Waals surface area contributed by atoms with Crippen LogP contribution < -0.4 is 0 Å². The van der Waals surface area contributed by atoms with E-state index in [0.29, 0.717) is 0 Å². The highest BCUT2D eigenvalue weighted by Gasteiger charge is 2.47. The van der Waals surface area contributed by atoms with Crippen LogP contribution in [0.1, 0.15) is 30.5 Å². The molecule has 0 saturated heterocycles. The van der Waals surface area contributed by atoms with Crippen LogP contribution in [0.15, 0.2) is 18.3 Å². The number of carbonyl (C=O) groups is 2. The normalized spacial score (nSPS) is 23.3. The smallest absolute Gasteiger partial charge is 0.315 e. The lowest BCUT2D eigenvalue weighted by Gasteiger charge is -2.07. The predicted molar refractivity (Wildman–Crippen MR) is 66.0 cm³/mol. The molecule has 0 spiro atoms. The maximum absolute atomic E-state index is 12.0. The Balaban J connectivity index is 2.01. The molecule has 1 aromatic heterocycles. The summed E-state index contributed by atoms with van der Waals surface area (Å²) in [6.07, 6.45) is 2.59. The van der Waals surface area contributed by atoms with Gasteiger partial charge in [0.2, 0.25) is 0 Å². The first kappa shape index (κ1) is 12.7. The van der Waals surface area contributed by atoms with Crippen LogP contribution in [0.3, 0.4) is 0 Å². The number of Topliss-reactive ketones (excluding diaryl/α,β-unsaturated/α-hetero) is 1. The predicted octanol–water partition coefficient (Wildman–Crippen LogP) is 1.87. The maximum Gasteiger partial charge on any atom is 0.315 e. The van der Waals surface area contributed by atoms with Crippen LogP contribution in [0, 0.1) is 18.8 Å². The van der Waals surface area contributed by atoms with E-state index >= 15 is 0 Å². The van der Waals surface area contributed by atoms with E-state index in [1.807, 2.05) is 19.1 Å². The third-order valence-electron chi connectivity index (χ3n) is 3.45. The molecule has 4 heteroatoms. The Labute approximate surface area is 106 Å². The minimum absolute atomic E-state index is 0.0331. The van der Waals surface area contributed by atoms with Gasteiger partial charge in [0.05, 0.1) is 7.11 Å². The van der Waals surface area contributed by atoms with Gasteiger partial charge in [-0.1, -0.05) is 6.07 Å². The molecule has 0 bridgehead atoms. The van der Waals surface area contributed by atoms with Gasteiger partial charge in [0, 0.05) is 23.7 Å². The number of esters is 1. The van der Waals surface area contributed by atoms with Crippen molar-refractivity contribution in [1.82, 2.24) is 4.98 Å². The fourth-order valence-electron chi connectivity index (χ4n) is 2.15. The summed E-state index contributed by atoms with van der Waals surface area (Å²) in [4.78, 5) is 27.7. The van der Waals surface area contributed by atoms with Crippen LogP contribution >= 0.6 is 0 Å². The molecule has 1 aliphatic carbocycles. The van der Waals surface area contributed by atoms with Crippen LogP contribution in [0.4, 0.5) is 0 Å². The number of aryl methyl sites for hydroxylation is 1. The Bertz CT molecular complexity index is 466. The fraction of sp³-hybridized carbons (Fsp3) is 0.500.